The predicted molar refractivity (Wildman–Crippen MR) is 69.6 cm³/mol. The molecule has 0 aliphatic carbocycles. The topological polar surface area (TPSA) is 40.5 Å². The summed E-state index contributed by atoms with van der Waals surface area (Å²) in [4.78, 5) is 14.2. The van der Waals surface area contributed by atoms with Gasteiger partial charge in [0.1, 0.15) is 6.04 Å². The quantitative estimate of drug-likeness (QED) is 0.891. The fraction of sp³-hybridized carbons (Fsp3) is 0.462. The first-order chi connectivity index (χ1) is 8.09. The summed E-state index contributed by atoms with van der Waals surface area (Å²) in [5.74, 6) is 0.741. The number of rotatable bonds is 4. The molecule has 4 heteroatoms. The average molecular weight is 251 g/mol. The molecule has 1 N–H and O–H groups in total. The highest BCUT2D eigenvalue weighted by Gasteiger charge is 2.26. The number of fused-ring (bicyclic) bond motifs is 1. The van der Waals surface area contributed by atoms with Gasteiger partial charge < -0.3 is 5.11 Å². The zero-order chi connectivity index (χ0) is 12.4. The molecule has 2 atom stereocenters. The van der Waals surface area contributed by atoms with Crippen LogP contribution in [0.1, 0.15) is 18.4 Å². The largest absolute Gasteiger partial charge is 0.480 e. The van der Waals surface area contributed by atoms with Crippen molar-refractivity contribution >= 4 is 17.7 Å². The summed E-state index contributed by atoms with van der Waals surface area (Å²) < 4.78 is 0. The molecule has 17 heavy (non-hydrogen) atoms. The third kappa shape index (κ3) is 2.64. The number of carboxylic acid groups (broad SMARTS) is 1. The van der Waals surface area contributed by atoms with Gasteiger partial charge in [-0.05, 0) is 25.6 Å². The lowest BCUT2D eigenvalue weighted by atomic mass is 10.0. The molecule has 0 radical (unpaired) electrons. The number of benzene rings is 1. The Morgan fingerprint density at radius 1 is 1.59 bits per heavy atom. The van der Waals surface area contributed by atoms with Gasteiger partial charge in [-0.25, -0.2) is 0 Å². The molecule has 0 spiro atoms. The van der Waals surface area contributed by atoms with E-state index >= 15 is 0 Å². The predicted octanol–water partition coefficient (Wildman–Crippen LogP) is 2.28. The molecule has 1 aromatic carbocycles. The van der Waals surface area contributed by atoms with E-state index in [1.807, 2.05) is 23.7 Å². The molecular formula is C13H17NO2S. The zero-order valence-electron chi connectivity index (χ0n) is 10.1. The molecular weight excluding hydrogens is 234 g/mol. The normalized spacial score (nSPS) is 20.3. The Morgan fingerprint density at radius 3 is 3.00 bits per heavy atom. The standard InChI is InChI=1S/C13H17NO2S/c1-9(13(15)16)14(2)7-10-8-17-12-6-4-3-5-11(10)12/h3-6,9-10H,7-8H2,1-2H3,(H,15,16). The van der Waals surface area contributed by atoms with Crippen molar-refractivity contribution < 1.29 is 9.90 Å². The number of hydrogen-bond acceptors (Lipinski definition) is 3. The molecule has 1 aliphatic heterocycles. The molecule has 0 bridgehead atoms. The second-order valence-corrected chi connectivity index (χ2v) is 5.56. The maximum atomic E-state index is 10.9. The van der Waals surface area contributed by atoms with Gasteiger partial charge >= 0.3 is 5.97 Å². The van der Waals surface area contributed by atoms with E-state index in [1.54, 1.807) is 6.92 Å². The lowest BCUT2D eigenvalue weighted by Gasteiger charge is -2.24. The van der Waals surface area contributed by atoms with Crippen LogP contribution in [0.2, 0.25) is 0 Å². The molecule has 0 fully saturated rings. The van der Waals surface area contributed by atoms with E-state index in [1.165, 1.54) is 10.5 Å². The first-order valence-electron chi connectivity index (χ1n) is 5.74. The van der Waals surface area contributed by atoms with Crippen LogP contribution < -0.4 is 0 Å². The molecule has 0 saturated heterocycles. The van der Waals surface area contributed by atoms with E-state index in [0.29, 0.717) is 5.92 Å². The monoisotopic (exact) mass is 251 g/mol. The van der Waals surface area contributed by atoms with Crippen molar-refractivity contribution in [1.29, 1.82) is 0 Å². The van der Waals surface area contributed by atoms with Crippen molar-refractivity contribution in [1.82, 2.24) is 4.90 Å². The number of thioether (sulfide) groups is 1. The van der Waals surface area contributed by atoms with E-state index in [9.17, 15) is 4.79 Å². The Bertz CT molecular complexity index is 422. The molecule has 1 aromatic rings. The van der Waals surface area contributed by atoms with Crippen molar-refractivity contribution in [3.63, 3.8) is 0 Å². The second-order valence-electron chi connectivity index (χ2n) is 4.50. The summed E-state index contributed by atoms with van der Waals surface area (Å²) in [5.41, 5.74) is 1.36. The van der Waals surface area contributed by atoms with Gasteiger partial charge in [-0.1, -0.05) is 18.2 Å². The lowest BCUT2D eigenvalue weighted by Crippen LogP contribution is -2.38. The second kappa shape index (κ2) is 5.10. The molecule has 1 aliphatic rings. The van der Waals surface area contributed by atoms with Gasteiger partial charge in [0.2, 0.25) is 0 Å². The Hall–Kier alpha value is -1.00. The van der Waals surface area contributed by atoms with Crippen LogP contribution in [0.3, 0.4) is 0 Å². The molecule has 2 rings (SSSR count). The van der Waals surface area contributed by atoms with Crippen LogP contribution in [-0.2, 0) is 4.79 Å². The fourth-order valence-corrected chi connectivity index (χ4v) is 3.32. The summed E-state index contributed by atoms with van der Waals surface area (Å²) >= 11 is 1.86. The summed E-state index contributed by atoms with van der Waals surface area (Å²) in [7, 11) is 1.88. The Kier molecular flexibility index (Phi) is 3.74. The van der Waals surface area contributed by atoms with Crippen LogP contribution in [0.5, 0.6) is 0 Å². The van der Waals surface area contributed by atoms with Gasteiger partial charge in [0.05, 0.1) is 0 Å². The summed E-state index contributed by atoms with van der Waals surface area (Å²) in [6.07, 6.45) is 0. The van der Waals surface area contributed by atoms with Gasteiger partial charge in [0.25, 0.3) is 0 Å². The van der Waals surface area contributed by atoms with E-state index in [-0.39, 0.29) is 0 Å². The highest BCUT2D eigenvalue weighted by molar-refractivity contribution is 7.99. The minimum absolute atomic E-state index is 0.423. The van der Waals surface area contributed by atoms with Crippen LogP contribution in [0.4, 0.5) is 0 Å². The van der Waals surface area contributed by atoms with Crippen LogP contribution in [0, 0.1) is 0 Å². The van der Waals surface area contributed by atoms with Gasteiger partial charge in [-0.15, -0.1) is 11.8 Å². The van der Waals surface area contributed by atoms with Crippen molar-refractivity contribution in [3.8, 4) is 0 Å². The van der Waals surface area contributed by atoms with Crippen molar-refractivity contribution in [2.24, 2.45) is 0 Å². The SMILES string of the molecule is CC(C(=O)O)N(C)CC1CSc2ccccc21. The van der Waals surface area contributed by atoms with E-state index in [0.717, 1.165) is 12.3 Å². The smallest absolute Gasteiger partial charge is 0.320 e. The van der Waals surface area contributed by atoms with Gasteiger partial charge in [-0.2, -0.15) is 0 Å². The zero-order valence-corrected chi connectivity index (χ0v) is 10.9. The van der Waals surface area contributed by atoms with Crippen LogP contribution >= 0.6 is 11.8 Å². The highest BCUT2D eigenvalue weighted by Crippen LogP contribution is 2.39. The molecule has 92 valence electrons. The van der Waals surface area contributed by atoms with Gasteiger partial charge in [0, 0.05) is 23.1 Å². The van der Waals surface area contributed by atoms with Crippen LogP contribution in [-0.4, -0.2) is 41.4 Å². The Labute approximate surface area is 106 Å². The minimum atomic E-state index is -0.758. The number of aliphatic carboxylic acids is 1. The van der Waals surface area contributed by atoms with E-state index in [2.05, 4.69) is 24.3 Å². The molecule has 2 unspecified atom stereocenters. The summed E-state index contributed by atoms with van der Waals surface area (Å²) in [6, 6.07) is 7.98. The van der Waals surface area contributed by atoms with Gasteiger partial charge in [0.15, 0.2) is 0 Å². The molecule has 0 amide bonds. The first kappa shape index (κ1) is 12.5. The number of hydrogen-bond donors (Lipinski definition) is 1. The molecule has 0 saturated carbocycles. The van der Waals surface area contributed by atoms with Gasteiger partial charge in [-0.3, -0.25) is 9.69 Å². The van der Waals surface area contributed by atoms with E-state index in [4.69, 9.17) is 5.11 Å². The molecule has 3 nitrogen and oxygen atoms in total. The highest BCUT2D eigenvalue weighted by atomic mass is 32.2. The summed E-state index contributed by atoms with van der Waals surface area (Å²) in [6.45, 7) is 2.54. The van der Waals surface area contributed by atoms with Crippen molar-refractivity contribution in [2.45, 2.75) is 23.8 Å². The number of likely N-dealkylation sites (N-methyl/N-ethyl adjacent to an activating group) is 1. The lowest BCUT2D eigenvalue weighted by molar-refractivity contribution is -0.142. The third-order valence-electron chi connectivity index (χ3n) is 3.33. The maximum absolute atomic E-state index is 10.9. The van der Waals surface area contributed by atoms with Crippen molar-refractivity contribution in [2.75, 3.05) is 19.3 Å². The average Bonchev–Trinajstić information content (AvgIpc) is 2.71. The van der Waals surface area contributed by atoms with Crippen molar-refractivity contribution in [3.05, 3.63) is 29.8 Å². The first-order valence-corrected chi connectivity index (χ1v) is 6.73. The number of nitrogens with zero attached hydrogens (tertiary/aromatic N) is 1. The Balaban J connectivity index is 2.04. The number of carbonyl (C=O) groups is 1. The van der Waals surface area contributed by atoms with Crippen LogP contribution in [0.15, 0.2) is 29.2 Å². The summed E-state index contributed by atoms with van der Waals surface area (Å²) in [5, 5.41) is 8.97. The third-order valence-corrected chi connectivity index (χ3v) is 4.58. The molecule has 1 heterocycles. The fourth-order valence-electron chi connectivity index (χ4n) is 2.07. The number of carboxylic acids is 1. The van der Waals surface area contributed by atoms with Crippen LogP contribution in [0.25, 0.3) is 0 Å². The molecule has 0 aromatic heterocycles. The van der Waals surface area contributed by atoms with E-state index < -0.39 is 12.0 Å². The Morgan fingerprint density at radius 2 is 2.29 bits per heavy atom. The maximum Gasteiger partial charge on any atom is 0.320 e. The minimum Gasteiger partial charge on any atom is -0.480 e.